The maximum absolute atomic E-state index is 12.7. The molecule has 0 spiro atoms. The van der Waals surface area contributed by atoms with Crippen molar-refractivity contribution in [2.45, 2.75) is 19.0 Å². The van der Waals surface area contributed by atoms with Crippen molar-refractivity contribution in [2.24, 2.45) is 5.92 Å². The van der Waals surface area contributed by atoms with Crippen molar-refractivity contribution in [2.75, 3.05) is 6.61 Å². The highest BCUT2D eigenvalue weighted by molar-refractivity contribution is 5.21. The van der Waals surface area contributed by atoms with Crippen molar-refractivity contribution in [3.05, 3.63) is 35.9 Å². The summed E-state index contributed by atoms with van der Waals surface area (Å²) in [6, 6.07) is 7.67. The fourth-order valence-corrected chi connectivity index (χ4v) is 1.61. The molecule has 0 saturated heterocycles. The SMILES string of the molecule is CC(CO)C(c1ccccc1)C(F)(F)F. The lowest BCUT2D eigenvalue weighted by atomic mass is 9.87. The van der Waals surface area contributed by atoms with Gasteiger partial charge in [-0.05, 0) is 11.5 Å². The van der Waals surface area contributed by atoms with Crippen LogP contribution in [0.2, 0.25) is 0 Å². The minimum Gasteiger partial charge on any atom is -0.396 e. The van der Waals surface area contributed by atoms with Crippen molar-refractivity contribution in [1.29, 1.82) is 0 Å². The lowest BCUT2D eigenvalue weighted by Crippen LogP contribution is -2.28. The van der Waals surface area contributed by atoms with Crippen molar-refractivity contribution in [3.63, 3.8) is 0 Å². The molecule has 0 aliphatic heterocycles. The van der Waals surface area contributed by atoms with E-state index in [1.54, 1.807) is 18.2 Å². The van der Waals surface area contributed by atoms with Crippen LogP contribution in [0.25, 0.3) is 0 Å². The first-order valence-corrected chi connectivity index (χ1v) is 4.69. The molecule has 1 rings (SSSR count). The predicted octanol–water partition coefficient (Wildman–Crippen LogP) is 2.96. The van der Waals surface area contributed by atoms with E-state index in [2.05, 4.69) is 0 Å². The van der Waals surface area contributed by atoms with Gasteiger partial charge in [0, 0.05) is 6.61 Å². The standard InChI is InChI=1S/C11H13F3O/c1-8(7-15)10(11(12,13)14)9-5-3-2-4-6-9/h2-6,8,10,15H,7H2,1H3. The number of aliphatic hydroxyl groups is 1. The Morgan fingerprint density at radius 1 is 1.20 bits per heavy atom. The molecule has 2 unspecified atom stereocenters. The van der Waals surface area contributed by atoms with E-state index in [0.29, 0.717) is 0 Å². The third-order valence-corrected chi connectivity index (χ3v) is 2.37. The lowest BCUT2D eigenvalue weighted by molar-refractivity contribution is -0.163. The Morgan fingerprint density at radius 2 is 1.73 bits per heavy atom. The average molecular weight is 218 g/mol. The highest BCUT2D eigenvalue weighted by Gasteiger charge is 2.43. The first-order valence-electron chi connectivity index (χ1n) is 4.69. The van der Waals surface area contributed by atoms with E-state index in [1.165, 1.54) is 19.1 Å². The van der Waals surface area contributed by atoms with E-state index >= 15 is 0 Å². The van der Waals surface area contributed by atoms with E-state index in [9.17, 15) is 13.2 Å². The summed E-state index contributed by atoms with van der Waals surface area (Å²) in [6.07, 6.45) is -4.32. The van der Waals surface area contributed by atoms with Crippen LogP contribution in [0.5, 0.6) is 0 Å². The van der Waals surface area contributed by atoms with Gasteiger partial charge in [-0.2, -0.15) is 13.2 Å². The van der Waals surface area contributed by atoms with Crippen LogP contribution in [0.1, 0.15) is 18.4 Å². The van der Waals surface area contributed by atoms with Crippen molar-refractivity contribution >= 4 is 0 Å². The number of rotatable bonds is 3. The van der Waals surface area contributed by atoms with E-state index in [4.69, 9.17) is 5.11 Å². The molecule has 1 N–H and O–H groups in total. The van der Waals surface area contributed by atoms with Gasteiger partial charge in [0.1, 0.15) is 0 Å². The first kappa shape index (κ1) is 12.0. The zero-order valence-electron chi connectivity index (χ0n) is 8.33. The Labute approximate surface area is 86.5 Å². The molecule has 0 radical (unpaired) electrons. The lowest BCUT2D eigenvalue weighted by Gasteiger charge is -2.25. The predicted molar refractivity (Wildman–Crippen MR) is 51.5 cm³/mol. The Hall–Kier alpha value is -1.03. The maximum atomic E-state index is 12.7. The van der Waals surface area contributed by atoms with Gasteiger partial charge in [-0.15, -0.1) is 0 Å². The number of alkyl halides is 3. The first-order chi connectivity index (χ1) is 6.96. The Bertz CT molecular complexity index is 294. The smallest absolute Gasteiger partial charge is 0.396 e. The van der Waals surface area contributed by atoms with Gasteiger partial charge < -0.3 is 5.11 Å². The topological polar surface area (TPSA) is 20.2 Å². The van der Waals surface area contributed by atoms with E-state index in [0.717, 1.165) is 0 Å². The van der Waals surface area contributed by atoms with E-state index in [1.807, 2.05) is 0 Å². The minimum absolute atomic E-state index is 0.201. The fraction of sp³-hybridized carbons (Fsp3) is 0.455. The molecule has 0 aliphatic rings. The molecular formula is C11H13F3O. The van der Waals surface area contributed by atoms with Crippen LogP contribution in [0.15, 0.2) is 30.3 Å². The Morgan fingerprint density at radius 3 is 2.13 bits per heavy atom. The van der Waals surface area contributed by atoms with E-state index < -0.39 is 24.6 Å². The van der Waals surface area contributed by atoms with Gasteiger partial charge in [-0.1, -0.05) is 37.3 Å². The van der Waals surface area contributed by atoms with Gasteiger partial charge >= 0.3 is 6.18 Å². The molecule has 0 aromatic heterocycles. The number of aliphatic hydroxyl groups excluding tert-OH is 1. The largest absolute Gasteiger partial charge is 0.396 e. The third kappa shape index (κ3) is 2.96. The zero-order chi connectivity index (χ0) is 11.5. The fourth-order valence-electron chi connectivity index (χ4n) is 1.61. The normalized spacial score (nSPS) is 16.1. The van der Waals surface area contributed by atoms with Crippen molar-refractivity contribution in [3.8, 4) is 0 Å². The quantitative estimate of drug-likeness (QED) is 0.826. The van der Waals surface area contributed by atoms with Crippen molar-refractivity contribution < 1.29 is 18.3 Å². The molecule has 4 heteroatoms. The van der Waals surface area contributed by atoms with Gasteiger partial charge in [-0.3, -0.25) is 0 Å². The molecule has 15 heavy (non-hydrogen) atoms. The number of halogens is 3. The second-order valence-electron chi connectivity index (χ2n) is 3.59. The van der Waals surface area contributed by atoms with E-state index in [-0.39, 0.29) is 5.56 Å². The summed E-state index contributed by atoms with van der Waals surface area (Å²) in [5, 5.41) is 8.83. The molecule has 2 atom stereocenters. The molecule has 0 saturated carbocycles. The van der Waals surface area contributed by atoms with Gasteiger partial charge in [0.15, 0.2) is 0 Å². The van der Waals surface area contributed by atoms with Crippen LogP contribution in [0, 0.1) is 5.92 Å². The van der Waals surface area contributed by atoms with Crippen LogP contribution in [0.3, 0.4) is 0 Å². The molecule has 1 nitrogen and oxygen atoms in total. The summed E-state index contributed by atoms with van der Waals surface area (Å²) in [5.41, 5.74) is 0.201. The van der Waals surface area contributed by atoms with Crippen molar-refractivity contribution in [1.82, 2.24) is 0 Å². The summed E-state index contributed by atoms with van der Waals surface area (Å²) in [7, 11) is 0. The molecule has 1 aromatic rings. The Kier molecular flexibility index (Phi) is 3.74. The van der Waals surface area contributed by atoms with Gasteiger partial charge in [0.2, 0.25) is 0 Å². The van der Waals surface area contributed by atoms with Gasteiger partial charge in [0.25, 0.3) is 0 Å². The highest BCUT2D eigenvalue weighted by Crippen LogP contribution is 2.39. The number of hydrogen-bond donors (Lipinski definition) is 1. The zero-order valence-corrected chi connectivity index (χ0v) is 8.33. The molecule has 0 bridgehead atoms. The number of hydrogen-bond acceptors (Lipinski definition) is 1. The van der Waals surface area contributed by atoms with Gasteiger partial charge in [-0.25, -0.2) is 0 Å². The average Bonchev–Trinajstić information content (AvgIpc) is 2.17. The second kappa shape index (κ2) is 4.66. The molecular weight excluding hydrogens is 205 g/mol. The minimum atomic E-state index is -4.32. The Balaban J connectivity index is 3.02. The summed E-state index contributed by atoms with van der Waals surface area (Å²) in [5.74, 6) is -2.42. The van der Waals surface area contributed by atoms with Crippen LogP contribution in [-0.4, -0.2) is 17.9 Å². The summed E-state index contributed by atoms with van der Waals surface area (Å²) in [4.78, 5) is 0. The summed E-state index contributed by atoms with van der Waals surface area (Å²) >= 11 is 0. The highest BCUT2D eigenvalue weighted by atomic mass is 19.4. The molecule has 0 amide bonds. The van der Waals surface area contributed by atoms with Crippen LogP contribution >= 0.6 is 0 Å². The summed E-state index contributed by atoms with van der Waals surface area (Å²) < 4.78 is 38.2. The van der Waals surface area contributed by atoms with Crippen LogP contribution < -0.4 is 0 Å². The molecule has 0 heterocycles. The van der Waals surface area contributed by atoms with Crippen LogP contribution in [-0.2, 0) is 0 Å². The molecule has 84 valence electrons. The maximum Gasteiger partial charge on any atom is 0.396 e. The molecule has 0 aliphatic carbocycles. The van der Waals surface area contributed by atoms with Gasteiger partial charge in [0.05, 0.1) is 5.92 Å². The number of benzene rings is 1. The summed E-state index contributed by atoms with van der Waals surface area (Å²) in [6.45, 7) is 0.921. The second-order valence-corrected chi connectivity index (χ2v) is 3.59. The third-order valence-electron chi connectivity index (χ3n) is 2.37. The molecule has 0 fully saturated rings. The van der Waals surface area contributed by atoms with Crippen LogP contribution in [0.4, 0.5) is 13.2 Å². The molecule has 1 aromatic carbocycles. The monoisotopic (exact) mass is 218 g/mol.